The minimum absolute atomic E-state index is 0.147. The predicted octanol–water partition coefficient (Wildman–Crippen LogP) is 3.76. The first-order valence-electron chi connectivity index (χ1n) is 9.52. The van der Waals surface area contributed by atoms with Crippen LogP contribution in [-0.4, -0.2) is 40.1 Å². The number of halogens is 1. The van der Waals surface area contributed by atoms with Gasteiger partial charge in [0.2, 0.25) is 5.91 Å². The molecule has 0 aliphatic carbocycles. The Morgan fingerprint density at radius 1 is 1.17 bits per heavy atom. The third-order valence-electron chi connectivity index (χ3n) is 4.71. The van der Waals surface area contributed by atoms with Gasteiger partial charge in [0, 0.05) is 22.6 Å². The van der Waals surface area contributed by atoms with Gasteiger partial charge in [-0.15, -0.1) is 0 Å². The average Bonchev–Trinajstić information content (AvgIpc) is 2.69. The number of aryl methyl sites for hydroxylation is 1. The summed E-state index contributed by atoms with van der Waals surface area (Å²) in [5, 5.41) is 8.03. The van der Waals surface area contributed by atoms with Gasteiger partial charge >= 0.3 is 0 Å². The maximum absolute atomic E-state index is 13.1. The van der Waals surface area contributed by atoms with E-state index in [4.69, 9.17) is 0 Å². The predicted molar refractivity (Wildman–Crippen MR) is 121 cm³/mol. The zero-order valence-corrected chi connectivity index (χ0v) is 18.9. The van der Waals surface area contributed by atoms with Crippen molar-refractivity contribution in [3.63, 3.8) is 0 Å². The molecule has 3 aromatic rings. The summed E-state index contributed by atoms with van der Waals surface area (Å²) in [6, 6.07) is 12.2. The second-order valence-corrected chi connectivity index (χ2v) is 8.32. The quantitative estimate of drug-likeness (QED) is 0.614. The maximum atomic E-state index is 13.1. The van der Waals surface area contributed by atoms with Gasteiger partial charge in [-0.25, -0.2) is 4.68 Å². The van der Waals surface area contributed by atoms with Crippen LogP contribution in [0.15, 0.2) is 51.7 Å². The fraction of sp³-hybridized carbons (Fsp3) is 0.273. The molecule has 0 aliphatic rings. The Labute approximate surface area is 182 Å². The molecule has 3 rings (SSSR count). The Hall–Kier alpha value is -3.00. The molecular formula is C22H23BrN4O3. The monoisotopic (exact) mass is 470 g/mol. The molecule has 30 heavy (non-hydrogen) atoms. The van der Waals surface area contributed by atoms with Crippen molar-refractivity contribution in [2.75, 3.05) is 18.9 Å². The fourth-order valence-electron chi connectivity index (χ4n) is 3.14. The summed E-state index contributed by atoms with van der Waals surface area (Å²) in [5.74, 6) is -0.749. The standard InChI is InChI=1S/C22H23BrN4O3/c1-13(2)27-21(29)17-8-6-5-7-16(17)20(25-27)22(30)26(4)12-19(28)24-18-10-9-15(23)11-14(18)3/h5-11,13H,12H2,1-4H3,(H,24,28). The van der Waals surface area contributed by atoms with Crippen LogP contribution in [-0.2, 0) is 4.79 Å². The van der Waals surface area contributed by atoms with Gasteiger partial charge in [0.05, 0.1) is 18.0 Å². The summed E-state index contributed by atoms with van der Waals surface area (Å²) < 4.78 is 2.22. The molecule has 0 unspecified atom stereocenters. The Morgan fingerprint density at radius 2 is 1.83 bits per heavy atom. The first-order chi connectivity index (χ1) is 14.2. The van der Waals surface area contributed by atoms with E-state index >= 15 is 0 Å². The van der Waals surface area contributed by atoms with Gasteiger partial charge in [0.15, 0.2) is 5.69 Å². The second kappa shape index (κ2) is 8.79. The lowest BCUT2D eigenvalue weighted by Gasteiger charge is -2.19. The molecule has 0 fully saturated rings. The zero-order valence-electron chi connectivity index (χ0n) is 17.3. The molecule has 0 atom stereocenters. The van der Waals surface area contributed by atoms with Crippen LogP contribution in [0.2, 0.25) is 0 Å². The summed E-state index contributed by atoms with van der Waals surface area (Å²) in [7, 11) is 1.54. The molecule has 2 aromatic carbocycles. The molecule has 0 saturated heterocycles. The second-order valence-electron chi connectivity index (χ2n) is 7.41. The van der Waals surface area contributed by atoms with E-state index in [0.29, 0.717) is 16.5 Å². The highest BCUT2D eigenvalue weighted by Gasteiger charge is 2.22. The molecular weight excluding hydrogens is 448 g/mol. The first kappa shape index (κ1) is 21.7. The van der Waals surface area contributed by atoms with Crippen molar-refractivity contribution >= 4 is 44.2 Å². The smallest absolute Gasteiger partial charge is 0.275 e. The minimum Gasteiger partial charge on any atom is -0.331 e. The number of nitrogens with zero attached hydrogens (tertiary/aromatic N) is 3. The van der Waals surface area contributed by atoms with Crippen molar-refractivity contribution in [2.45, 2.75) is 26.8 Å². The highest BCUT2D eigenvalue weighted by Crippen LogP contribution is 2.20. The van der Waals surface area contributed by atoms with Crippen molar-refractivity contribution in [1.82, 2.24) is 14.7 Å². The molecule has 0 radical (unpaired) electrons. The minimum atomic E-state index is -0.428. The highest BCUT2D eigenvalue weighted by molar-refractivity contribution is 9.10. The third-order valence-corrected chi connectivity index (χ3v) is 5.20. The van der Waals surface area contributed by atoms with E-state index in [1.54, 1.807) is 30.3 Å². The van der Waals surface area contributed by atoms with Crippen LogP contribution >= 0.6 is 15.9 Å². The number of likely N-dealkylation sites (N-methyl/N-ethyl adjacent to an activating group) is 1. The number of carbonyl (C=O) groups is 2. The Morgan fingerprint density at radius 3 is 2.47 bits per heavy atom. The molecule has 156 valence electrons. The number of hydrogen-bond donors (Lipinski definition) is 1. The van der Waals surface area contributed by atoms with Crippen LogP contribution in [0.4, 0.5) is 5.69 Å². The van der Waals surface area contributed by atoms with Crippen molar-refractivity contribution in [3.8, 4) is 0 Å². The molecule has 0 saturated carbocycles. The molecule has 0 spiro atoms. The van der Waals surface area contributed by atoms with Gasteiger partial charge < -0.3 is 10.2 Å². The Kier molecular flexibility index (Phi) is 6.36. The Bertz CT molecular complexity index is 1190. The fourth-order valence-corrected chi connectivity index (χ4v) is 3.62. The van der Waals surface area contributed by atoms with Crippen LogP contribution in [0.1, 0.15) is 35.9 Å². The number of anilines is 1. The summed E-state index contributed by atoms with van der Waals surface area (Å²) >= 11 is 3.39. The van der Waals surface area contributed by atoms with Gasteiger partial charge in [-0.2, -0.15) is 5.10 Å². The Balaban J connectivity index is 1.87. The van der Waals surface area contributed by atoms with Crippen molar-refractivity contribution in [3.05, 3.63) is 68.5 Å². The van der Waals surface area contributed by atoms with E-state index in [2.05, 4.69) is 26.3 Å². The van der Waals surface area contributed by atoms with Gasteiger partial charge in [0.25, 0.3) is 11.5 Å². The number of carbonyl (C=O) groups excluding carboxylic acids is 2. The average molecular weight is 471 g/mol. The number of fused-ring (bicyclic) bond motifs is 1. The van der Waals surface area contributed by atoms with Gasteiger partial charge in [-0.05, 0) is 50.6 Å². The van der Waals surface area contributed by atoms with E-state index in [0.717, 1.165) is 10.0 Å². The number of hydrogen-bond acceptors (Lipinski definition) is 4. The molecule has 2 amide bonds. The van der Waals surface area contributed by atoms with E-state index in [1.165, 1.54) is 16.6 Å². The molecule has 1 heterocycles. The van der Waals surface area contributed by atoms with Crippen molar-refractivity contribution in [1.29, 1.82) is 0 Å². The largest absolute Gasteiger partial charge is 0.331 e. The van der Waals surface area contributed by atoms with Crippen LogP contribution in [0, 0.1) is 6.92 Å². The van der Waals surface area contributed by atoms with Gasteiger partial charge in [-0.3, -0.25) is 14.4 Å². The number of amides is 2. The first-order valence-corrected chi connectivity index (χ1v) is 10.3. The van der Waals surface area contributed by atoms with E-state index in [-0.39, 0.29) is 29.7 Å². The number of aromatic nitrogens is 2. The SMILES string of the molecule is Cc1cc(Br)ccc1NC(=O)CN(C)C(=O)c1nn(C(C)C)c(=O)c2ccccc12. The molecule has 1 aromatic heterocycles. The van der Waals surface area contributed by atoms with Crippen LogP contribution in [0.5, 0.6) is 0 Å². The molecule has 8 heteroatoms. The summed E-state index contributed by atoms with van der Waals surface area (Å²) in [6.45, 7) is 5.40. The lowest BCUT2D eigenvalue weighted by Crippen LogP contribution is -2.37. The van der Waals surface area contributed by atoms with Crippen LogP contribution in [0.3, 0.4) is 0 Å². The normalized spacial score (nSPS) is 11.0. The van der Waals surface area contributed by atoms with Crippen molar-refractivity contribution < 1.29 is 9.59 Å². The van der Waals surface area contributed by atoms with Crippen molar-refractivity contribution in [2.24, 2.45) is 0 Å². The number of nitrogens with one attached hydrogen (secondary N) is 1. The topological polar surface area (TPSA) is 84.3 Å². The van der Waals surface area contributed by atoms with E-state index < -0.39 is 5.91 Å². The summed E-state index contributed by atoms with van der Waals surface area (Å²) in [5.41, 5.74) is 1.49. The lowest BCUT2D eigenvalue weighted by atomic mass is 10.1. The van der Waals surface area contributed by atoms with Gasteiger partial charge in [0.1, 0.15) is 0 Å². The van der Waals surface area contributed by atoms with Crippen LogP contribution < -0.4 is 10.9 Å². The van der Waals surface area contributed by atoms with E-state index in [9.17, 15) is 14.4 Å². The molecule has 7 nitrogen and oxygen atoms in total. The number of benzene rings is 2. The number of rotatable bonds is 5. The van der Waals surface area contributed by atoms with Gasteiger partial charge in [-0.1, -0.05) is 34.1 Å². The molecule has 0 bridgehead atoms. The van der Waals surface area contributed by atoms with Crippen LogP contribution in [0.25, 0.3) is 10.8 Å². The zero-order chi connectivity index (χ0) is 22.0. The molecule has 0 aliphatic heterocycles. The summed E-state index contributed by atoms with van der Waals surface area (Å²) in [6.07, 6.45) is 0. The molecule has 1 N–H and O–H groups in total. The maximum Gasteiger partial charge on any atom is 0.275 e. The van der Waals surface area contributed by atoms with E-state index in [1.807, 2.05) is 32.9 Å². The summed E-state index contributed by atoms with van der Waals surface area (Å²) in [4.78, 5) is 39.6. The third kappa shape index (κ3) is 4.43. The highest BCUT2D eigenvalue weighted by atomic mass is 79.9. The lowest BCUT2D eigenvalue weighted by molar-refractivity contribution is -0.116.